The first-order valence-electron chi connectivity index (χ1n) is 9.52. The Labute approximate surface area is 189 Å². The number of benzene rings is 1. The number of hydrogen-bond donors (Lipinski definition) is 1. The molecule has 7 nitrogen and oxygen atoms in total. The molecule has 0 spiro atoms. The second-order valence-electron chi connectivity index (χ2n) is 6.65. The highest BCUT2D eigenvalue weighted by atomic mass is 32.2. The second kappa shape index (κ2) is 10.7. The van der Waals surface area contributed by atoms with Gasteiger partial charge in [0, 0.05) is 23.7 Å². The van der Waals surface area contributed by atoms with Gasteiger partial charge in [-0.15, -0.1) is 28.5 Å². The Morgan fingerprint density at radius 3 is 2.67 bits per heavy atom. The van der Waals surface area contributed by atoms with Gasteiger partial charge >= 0.3 is 0 Å². The molecule has 1 saturated heterocycles. The predicted octanol–water partition coefficient (Wildman–Crippen LogP) is 4.36. The molecule has 3 rings (SSSR count). The van der Waals surface area contributed by atoms with Crippen molar-refractivity contribution in [1.29, 1.82) is 0 Å². The summed E-state index contributed by atoms with van der Waals surface area (Å²) in [6, 6.07) is 4.67. The van der Waals surface area contributed by atoms with Crippen LogP contribution in [0.4, 0.5) is 5.13 Å². The molecule has 0 bridgehead atoms. The van der Waals surface area contributed by atoms with Crippen molar-refractivity contribution >= 4 is 55.9 Å². The largest absolute Gasteiger partial charge is 0.339 e. The van der Waals surface area contributed by atoms with E-state index in [0.29, 0.717) is 28.7 Å². The van der Waals surface area contributed by atoms with Gasteiger partial charge in [-0.3, -0.25) is 9.52 Å². The van der Waals surface area contributed by atoms with Crippen molar-refractivity contribution in [3.63, 3.8) is 0 Å². The van der Waals surface area contributed by atoms with E-state index in [4.69, 9.17) is 0 Å². The number of rotatable bonds is 8. The van der Waals surface area contributed by atoms with Crippen LogP contribution in [-0.2, 0) is 10.0 Å². The molecule has 0 atom stereocenters. The summed E-state index contributed by atoms with van der Waals surface area (Å²) in [4.78, 5) is 15.8. The van der Waals surface area contributed by atoms with E-state index in [2.05, 4.69) is 21.5 Å². The van der Waals surface area contributed by atoms with Crippen LogP contribution < -0.4 is 4.72 Å². The van der Waals surface area contributed by atoms with Gasteiger partial charge in [-0.05, 0) is 37.3 Å². The number of nitrogens with zero attached hydrogens (tertiary/aromatic N) is 3. The fourth-order valence-corrected chi connectivity index (χ4v) is 6.42. The molecular formula is C19H24N4O3S4. The average molecular weight is 485 g/mol. The topological polar surface area (TPSA) is 92.3 Å². The van der Waals surface area contributed by atoms with E-state index in [-0.39, 0.29) is 15.9 Å². The highest BCUT2D eigenvalue weighted by molar-refractivity contribution is 8.01. The fourth-order valence-electron chi connectivity index (χ4n) is 3.08. The smallest absolute Gasteiger partial charge is 0.263 e. The van der Waals surface area contributed by atoms with Crippen LogP contribution >= 0.6 is 34.9 Å². The van der Waals surface area contributed by atoms with Gasteiger partial charge in [-0.2, -0.15) is 0 Å². The van der Waals surface area contributed by atoms with Crippen LogP contribution in [0.25, 0.3) is 0 Å². The van der Waals surface area contributed by atoms with Crippen molar-refractivity contribution in [2.75, 3.05) is 29.8 Å². The highest BCUT2D eigenvalue weighted by Crippen LogP contribution is 2.29. The number of likely N-dealkylation sites (tertiary alicyclic amines) is 1. The maximum absolute atomic E-state index is 13.1. The van der Waals surface area contributed by atoms with E-state index >= 15 is 0 Å². The summed E-state index contributed by atoms with van der Waals surface area (Å²) in [5, 5.41) is 8.06. The Morgan fingerprint density at radius 1 is 1.27 bits per heavy atom. The Hall–Kier alpha value is -1.56. The third-order valence-electron chi connectivity index (χ3n) is 4.56. The minimum Gasteiger partial charge on any atom is -0.339 e. The lowest BCUT2D eigenvalue weighted by Gasteiger charge is -2.22. The van der Waals surface area contributed by atoms with Crippen molar-refractivity contribution in [1.82, 2.24) is 15.1 Å². The molecule has 1 fully saturated rings. The minimum atomic E-state index is -3.89. The molecule has 0 aliphatic carbocycles. The zero-order valence-corrected chi connectivity index (χ0v) is 19.9. The monoisotopic (exact) mass is 484 g/mol. The number of thioether (sulfide) groups is 2. The summed E-state index contributed by atoms with van der Waals surface area (Å²) >= 11 is 4.03. The Bertz CT molecular complexity index is 999. The predicted molar refractivity (Wildman–Crippen MR) is 124 cm³/mol. The van der Waals surface area contributed by atoms with Crippen molar-refractivity contribution in [3.05, 3.63) is 36.4 Å². The van der Waals surface area contributed by atoms with Gasteiger partial charge < -0.3 is 4.90 Å². The third kappa shape index (κ3) is 5.77. The lowest BCUT2D eigenvalue weighted by atomic mass is 10.2. The molecule has 1 aromatic carbocycles. The van der Waals surface area contributed by atoms with E-state index in [9.17, 15) is 13.2 Å². The highest BCUT2D eigenvalue weighted by Gasteiger charge is 2.24. The van der Waals surface area contributed by atoms with Gasteiger partial charge in [-0.1, -0.05) is 42.0 Å². The zero-order valence-electron chi connectivity index (χ0n) is 16.7. The molecule has 0 unspecified atom stereocenters. The first kappa shape index (κ1) is 23.1. The Morgan fingerprint density at radius 2 is 2.00 bits per heavy atom. The van der Waals surface area contributed by atoms with Crippen molar-refractivity contribution < 1.29 is 13.2 Å². The summed E-state index contributed by atoms with van der Waals surface area (Å²) in [5.41, 5.74) is 0.423. The molecule has 11 heteroatoms. The number of sulfonamides is 1. The van der Waals surface area contributed by atoms with Crippen LogP contribution in [0.3, 0.4) is 0 Å². The molecule has 2 aromatic rings. The first-order chi connectivity index (χ1) is 14.4. The van der Waals surface area contributed by atoms with Gasteiger partial charge in [0.25, 0.3) is 15.9 Å². The lowest BCUT2D eigenvalue weighted by molar-refractivity contribution is 0.0758. The van der Waals surface area contributed by atoms with Gasteiger partial charge in [0.1, 0.15) is 0 Å². The van der Waals surface area contributed by atoms with Crippen LogP contribution in [0.1, 0.15) is 36.0 Å². The number of anilines is 1. The van der Waals surface area contributed by atoms with E-state index < -0.39 is 10.0 Å². The van der Waals surface area contributed by atoms with Gasteiger partial charge in [0.15, 0.2) is 4.34 Å². The zero-order chi connectivity index (χ0) is 21.6. The molecule has 0 saturated carbocycles. The van der Waals surface area contributed by atoms with E-state index in [1.807, 2.05) is 11.2 Å². The van der Waals surface area contributed by atoms with Gasteiger partial charge in [0.2, 0.25) is 5.13 Å². The molecule has 162 valence electrons. The first-order valence-corrected chi connectivity index (χ1v) is 14.0. The summed E-state index contributed by atoms with van der Waals surface area (Å²) < 4.78 is 28.9. The maximum Gasteiger partial charge on any atom is 0.263 e. The molecular weight excluding hydrogens is 461 g/mol. The molecule has 30 heavy (non-hydrogen) atoms. The average Bonchev–Trinajstić information content (AvgIpc) is 3.00. The molecule has 1 aliphatic heterocycles. The third-order valence-corrected chi connectivity index (χ3v) is 8.79. The second-order valence-corrected chi connectivity index (χ2v) is 11.4. The standard InChI is InChI=1S/C19H24N4O3S4/c1-3-12-28-19-21-20-18(29-19)22-30(25,26)14-8-9-16(27-2)15(13-14)17(24)23-10-6-4-5-7-11-23/h3,8-9,13H,1,4-7,10-12H2,2H3,(H,20,22). The van der Waals surface area contributed by atoms with E-state index in [0.717, 1.165) is 41.9 Å². The van der Waals surface area contributed by atoms with Crippen LogP contribution in [0, 0.1) is 0 Å². The fraction of sp³-hybridized carbons (Fsp3) is 0.421. The molecule has 1 amide bonds. The molecule has 1 N–H and O–H groups in total. The molecule has 2 heterocycles. The number of carbonyl (C=O) groups excluding carboxylic acids is 1. The molecule has 1 aromatic heterocycles. The van der Waals surface area contributed by atoms with Gasteiger partial charge in [-0.25, -0.2) is 8.42 Å². The minimum absolute atomic E-state index is 0.0361. The SMILES string of the molecule is C=CCSc1nnc(NS(=O)(=O)c2ccc(SC)c(C(=O)N3CCCCCC3)c2)s1. The van der Waals surface area contributed by atoms with Crippen molar-refractivity contribution in [2.24, 2.45) is 0 Å². The quantitative estimate of drug-likeness (QED) is 0.440. The molecule has 0 radical (unpaired) electrons. The van der Waals surface area contributed by atoms with Crippen LogP contribution in [-0.4, -0.2) is 54.5 Å². The summed E-state index contributed by atoms with van der Waals surface area (Å²) in [7, 11) is -3.89. The van der Waals surface area contributed by atoms with Gasteiger partial charge in [0.05, 0.1) is 10.5 Å². The normalized spacial score (nSPS) is 14.9. The lowest BCUT2D eigenvalue weighted by Crippen LogP contribution is -2.32. The van der Waals surface area contributed by atoms with Crippen LogP contribution in [0.2, 0.25) is 0 Å². The number of aromatic nitrogens is 2. The van der Waals surface area contributed by atoms with Crippen LogP contribution in [0.15, 0.2) is 45.0 Å². The number of amides is 1. The Kier molecular flexibility index (Phi) is 8.20. The van der Waals surface area contributed by atoms with Crippen molar-refractivity contribution in [2.45, 2.75) is 39.8 Å². The number of nitrogens with one attached hydrogen (secondary N) is 1. The molecule has 1 aliphatic rings. The number of carbonyl (C=O) groups is 1. The summed E-state index contributed by atoms with van der Waals surface area (Å²) in [5.74, 6) is 0.553. The Balaban J connectivity index is 1.84. The summed E-state index contributed by atoms with van der Waals surface area (Å²) in [6.45, 7) is 5.06. The number of hydrogen-bond acceptors (Lipinski definition) is 8. The summed E-state index contributed by atoms with van der Waals surface area (Å²) in [6.07, 6.45) is 7.81. The van der Waals surface area contributed by atoms with E-state index in [1.54, 1.807) is 12.1 Å². The van der Waals surface area contributed by atoms with E-state index in [1.165, 1.54) is 35.7 Å². The van der Waals surface area contributed by atoms with Crippen LogP contribution in [0.5, 0.6) is 0 Å². The van der Waals surface area contributed by atoms with Crippen molar-refractivity contribution in [3.8, 4) is 0 Å². The maximum atomic E-state index is 13.1.